The first kappa shape index (κ1) is 15.8. The lowest BCUT2D eigenvalue weighted by Gasteiger charge is -2.10. The highest BCUT2D eigenvalue weighted by atomic mass is 16.3. The van der Waals surface area contributed by atoms with Crippen LogP contribution < -0.4 is 4.57 Å². The molecule has 6 aromatic rings. The minimum absolute atomic E-state index is 0.317. The third-order valence-electron chi connectivity index (χ3n) is 6.21. The van der Waals surface area contributed by atoms with Crippen molar-refractivity contribution >= 4 is 32.8 Å². The quantitative estimate of drug-likeness (QED) is 0.286. The fourth-order valence-corrected chi connectivity index (χ4v) is 4.64. The van der Waals surface area contributed by atoms with E-state index in [1.807, 2.05) is 73.3 Å². The molecule has 0 saturated carbocycles. The third kappa shape index (κ3) is 2.75. The number of pyridine rings is 2. The molecule has 6 rings (SSSR count). The van der Waals surface area contributed by atoms with Crippen LogP contribution >= 0.6 is 0 Å². The second-order valence-corrected chi connectivity index (χ2v) is 8.22. The molecule has 0 N–H and O–H groups in total. The Morgan fingerprint density at radius 1 is 0.906 bits per heavy atom. The van der Waals surface area contributed by atoms with Crippen LogP contribution in [0.2, 0.25) is 0 Å². The van der Waals surface area contributed by atoms with E-state index in [-0.39, 0.29) is 0 Å². The summed E-state index contributed by atoms with van der Waals surface area (Å²) in [4.78, 5) is 4.60. The summed E-state index contributed by atoms with van der Waals surface area (Å²) >= 11 is 0. The zero-order chi connectivity index (χ0) is 24.3. The van der Waals surface area contributed by atoms with Gasteiger partial charge in [-0.3, -0.25) is 0 Å². The number of aryl methyl sites for hydroxylation is 3. The maximum atomic E-state index is 8.15. The van der Waals surface area contributed by atoms with Crippen molar-refractivity contribution in [2.75, 3.05) is 0 Å². The maximum absolute atomic E-state index is 8.15. The standard InChI is InChI=1S/C29H23N2O/c1-18-13-14-23-27-22-12-8-7-11-21(22)16-30-29(27)32-28(23)26(18)25-15-24(19(2)17-31(25)3)20-9-5-4-6-10-20/h4-17H,1-3H3/q+1/i2D3. The van der Waals surface area contributed by atoms with Gasteiger partial charge < -0.3 is 4.42 Å². The predicted octanol–water partition coefficient (Wildman–Crippen LogP) is 6.91. The lowest BCUT2D eigenvalue weighted by Crippen LogP contribution is -2.31. The van der Waals surface area contributed by atoms with Crippen LogP contribution in [0.4, 0.5) is 0 Å². The topological polar surface area (TPSA) is 29.9 Å². The fourth-order valence-electron chi connectivity index (χ4n) is 4.64. The first-order valence-electron chi connectivity index (χ1n) is 12.1. The summed E-state index contributed by atoms with van der Waals surface area (Å²) in [6, 6.07) is 24.0. The Hall–Kier alpha value is -3.98. The van der Waals surface area contributed by atoms with Gasteiger partial charge in [-0.15, -0.1) is 0 Å². The number of aromatic nitrogens is 2. The monoisotopic (exact) mass is 418 g/mol. The Morgan fingerprint density at radius 2 is 1.72 bits per heavy atom. The number of furan rings is 1. The normalized spacial score (nSPS) is 13.4. The number of fused-ring (bicyclic) bond motifs is 5. The van der Waals surface area contributed by atoms with Crippen LogP contribution in [0.1, 0.15) is 15.2 Å². The molecule has 0 spiro atoms. The second-order valence-electron chi connectivity index (χ2n) is 8.22. The van der Waals surface area contributed by atoms with E-state index < -0.39 is 6.85 Å². The highest BCUT2D eigenvalue weighted by Crippen LogP contribution is 2.39. The molecule has 0 bridgehead atoms. The van der Waals surface area contributed by atoms with Crippen molar-refractivity contribution in [3.8, 4) is 22.4 Å². The predicted molar refractivity (Wildman–Crippen MR) is 131 cm³/mol. The minimum atomic E-state index is -2.25. The van der Waals surface area contributed by atoms with Crippen LogP contribution in [-0.4, -0.2) is 4.98 Å². The van der Waals surface area contributed by atoms with Gasteiger partial charge in [0.05, 0.1) is 10.9 Å². The first-order chi connectivity index (χ1) is 16.8. The first-order valence-corrected chi connectivity index (χ1v) is 10.6. The highest BCUT2D eigenvalue weighted by molar-refractivity contribution is 6.19. The Bertz CT molecular complexity index is 1750. The van der Waals surface area contributed by atoms with Crippen molar-refractivity contribution in [1.29, 1.82) is 0 Å². The molecule has 32 heavy (non-hydrogen) atoms. The van der Waals surface area contributed by atoms with Crippen LogP contribution in [0.5, 0.6) is 0 Å². The van der Waals surface area contributed by atoms with Gasteiger partial charge in [-0.2, -0.15) is 0 Å². The molecule has 154 valence electrons. The van der Waals surface area contributed by atoms with Gasteiger partial charge in [-0.05, 0) is 35.9 Å². The number of hydrogen-bond acceptors (Lipinski definition) is 2. The van der Waals surface area contributed by atoms with Crippen LogP contribution in [0.3, 0.4) is 0 Å². The second kappa shape index (κ2) is 7.03. The van der Waals surface area contributed by atoms with Crippen LogP contribution in [-0.2, 0) is 7.05 Å². The summed E-state index contributed by atoms with van der Waals surface area (Å²) in [5.74, 6) is 0. The van der Waals surface area contributed by atoms with Crippen LogP contribution in [0.15, 0.2) is 89.6 Å². The number of nitrogens with zero attached hydrogens (tertiary/aromatic N) is 2. The largest absolute Gasteiger partial charge is 0.437 e. The average molecular weight is 419 g/mol. The lowest BCUT2D eigenvalue weighted by atomic mass is 9.95. The summed E-state index contributed by atoms with van der Waals surface area (Å²) in [7, 11) is 1.88. The fraction of sp³-hybridized carbons (Fsp3) is 0.103. The van der Waals surface area contributed by atoms with E-state index >= 15 is 0 Å². The smallest absolute Gasteiger partial charge is 0.227 e. The molecule has 0 aliphatic rings. The van der Waals surface area contributed by atoms with Crippen molar-refractivity contribution in [2.45, 2.75) is 13.8 Å². The van der Waals surface area contributed by atoms with Gasteiger partial charge >= 0.3 is 0 Å². The molecule has 3 aromatic carbocycles. The van der Waals surface area contributed by atoms with Gasteiger partial charge in [0.25, 0.3) is 0 Å². The molecular formula is C29H23N2O+. The van der Waals surface area contributed by atoms with Crippen molar-refractivity contribution < 1.29 is 13.1 Å². The van der Waals surface area contributed by atoms with E-state index in [0.29, 0.717) is 16.8 Å². The summed E-state index contributed by atoms with van der Waals surface area (Å²) in [6.07, 6.45) is 3.56. The summed E-state index contributed by atoms with van der Waals surface area (Å²) in [5, 5.41) is 4.14. The zero-order valence-electron chi connectivity index (χ0n) is 20.9. The Balaban J connectivity index is 1.70. The molecule has 0 aliphatic carbocycles. The average Bonchev–Trinajstić information content (AvgIpc) is 3.23. The molecule has 0 saturated heterocycles. The van der Waals surface area contributed by atoms with Gasteiger partial charge in [0, 0.05) is 32.7 Å². The van der Waals surface area contributed by atoms with E-state index in [2.05, 4.69) is 29.2 Å². The molecule has 0 fully saturated rings. The summed E-state index contributed by atoms with van der Waals surface area (Å²) in [5.41, 5.74) is 6.06. The Labute approximate surface area is 190 Å². The zero-order valence-corrected chi connectivity index (χ0v) is 17.9. The van der Waals surface area contributed by atoms with Crippen LogP contribution in [0, 0.1) is 13.8 Å². The molecule has 3 nitrogen and oxygen atoms in total. The molecule has 0 aliphatic heterocycles. The lowest BCUT2D eigenvalue weighted by molar-refractivity contribution is -0.660. The summed E-state index contributed by atoms with van der Waals surface area (Å²) < 4.78 is 32.7. The number of rotatable bonds is 2. The van der Waals surface area contributed by atoms with Gasteiger partial charge in [0.15, 0.2) is 11.8 Å². The molecule has 0 radical (unpaired) electrons. The van der Waals surface area contributed by atoms with Gasteiger partial charge in [-0.1, -0.05) is 66.7 Å². The highest BCUT2D eigenvalue weighted by Gasteiger charge is 2.23. The molecule has 0 amide bonds. The van der Waals surface area contributed by atoms with Crippen molar-refractivity contribution in [3.05, 3.63) is 96.3 Å². The van der Waals surface area contributed by atoms with Gasteiger partial charge in [-0.25, -0.2) is 9.55 Å². The molecule has 0 atom stereocenters. The van der Waals surface area contributed by atoms with Gasteiger partial charge in [0.2, 0.25) is 11.4 Å². The molecule has 3 aromatic heterocycles. The molecule has 0 unspecified atom stereocenters. The molecule has 3 heterocycles. The van der Waals surface area contributed by atoms with E-state index in [1.54, 1.807) is 6.20 Å². The van der Waals surface area contributed by atoms with E-state index in [1.165, 1.54) is 0 Å². The maximum Gasteiger partial charge on any atom is 0.227 e. The molecule has 3 heteroatoms. The van der Waals surface area contributed by atoms with E-state index in [9.17, 15) is 0 Å². The number of hydrogen-bond donors (Lipinski definition) is 0. The van der Waals surface area contributed by atoms with E-state index in [0.717, 1.165) is 49.5 Å². The molecular weight excluding hydrogens is 392 g/mol. The Kier molecular flexibility index (Phi) is 3.46. The van der Waals surface area contributed by atoms with Crippen molar-refractivity contribution in [3.63, 3.8) is 0 Å². The summed E-state index contributed by atoms with van der Waals surface area (Å²) in [6.45, 7) is -0.196. The third-order valence-corrected chi connectivity index (χ3v) is 6.21. The van der Waals surface area contributed by atoms with E-state index in [4.69, 9.17) is 8.53 Å². The van der Waals surface area contributed by atoms with Gasteiger partial charge in [0.1, 0.15) is 7.05 Å². The Morgan fingerprint density at radius 3 is 2.56 bits per heavy atom. The SMILES string of the molecule is [2H]C([2H])([2H])c1c[n+](C)c(-c2c(C)ccc3c2oc2ncc4ccccc4c23)cc1-c1ccccc1. The minimum Gasteiger partial charge on any atom is -0.437 e. The van der Waals surface area contributed by atoms with Crippen molar-refractivity contribution in [2.24, 2.45) is 7.05 Å². The van der Waals surface area contributed by atoms with Crippen molar-refractivity contribution in [1.82, 2.24) is 4.98 Å². The van der Waals surface area contributed by atoms with Crippen LogP contribution in [0.25, 0.3) is 55.2 Å². The number of benzene rings is 3.